The molecule has 1 aromatic rings. The van der Waals surface area contributed by atoms with Crippen LogP contribution in [0.25, 0.3) is 0 Å². The summed E-state index contributed by atoms with van der Waals surface area (Å²) in [6.07, 6.45) is 3.99. The first-order chi connectivity index (χ1) is 7.61. The third-order valence-corrected chi connectivity index (χ3v) is 4.00. The van der Waals surface area contributed by atoms with Gasteiger partial charge in [-0.25, -0.2) is 0 Å². The lowest BCUT2D eigenvalue weighted by Crippen LogP contribution is -2.31. The van der Waals surface area contributed by atoms with E-state index >= 15 is 0 Å². The SMILES string of the molecule is Cc1[nH]c(=S)c(C)c(N2CCCCC2)c1C. The van der Waals surface area contributed by atoms with Gasteiger partial charge in [0.1, 0.15) is 4.64 Å². The van der Waals surface area contributed by atoms with Crippen LogP contribution in [0.4, 0.5) is 5.69 Å². The van der Waals surface area contributed by atoms with Crippen molar-refractivity contribution in [2.75, 3.05) is 18.0 Å². The number of nitrogens with zero attached hydrogens (tertiary/aromatic N) is 1. The van der Waals surface area contributed by atoms with E-state index in [9.17, 15) is 0 Å². The zero-order valence-electron chi connectivity index (χ0n) is 10.4. The van der Waals surface area contributed by atoms with Crippen LogP contribution in [-0.2, 0) is 0 Å². The number of aromatic nitrogens is 1. The third-order valence-electron chi connectivity index (χ3n) is 3.59. The van der Waals surface area contributed by atoms with Gasteiger partial charge >= 0.3 is 0 Å². The highest BCUT2D eigenvalue weighted by atomic mass is 32.1. The Bertz CT molecular complexity index is 442. The average Bonchev–Trinajstić information content (AvgIpc) is 2.28. The van der Waals surface area contributed by atoms with Crippen LogP contribution in [0.1, 0.15) is 36.1 Å². The summed E-state index contributed by atoms with van der Waals surface area (Å²) in [5.74, 6) is 0. The van der Waals surface area contributed by atoms with Crippen molar-refractivity contribution in [1.29, 1.82) is 0 Å². The van der Waals surface area contributed by atoms with Gasteiger partial charge in [0.25, 0.3) is 0 Å². The standard InChI is InChI=1S/C13H20N2S/c1-9-11(3)14-13(16)10(2)12(9)15-7-5-4-6-8-15/h4-8H2,1-3H3,(H,14,16). The lowest BCUT2D eigenvalue weighted by Gasteiger charge is -2.32. The molecule has 1 fully saturated rings. The van der Waals surface area contributed by atoms with Crippen molar-refractivity contribution in [3.05, 3.63) is 21.5 Å². The van der Waals surface area contributed by atoms with Crippen molar-refractivity contribution in [2.45, 2.75) is 40.0 Å². The molecule has 1 saturated heterocycles. The van der Waals surface area contributed by atoms with Crippen LogP contribution < -0.4 is 4.90 Å². The van der Waals surface area contributed by atoms with Crippen LogP contribution in [0.15, 0.2) is 0 Å². The molecule has 1 N–H and O–H groups in total. The average molecular weight is 236 g/mol. The van der Waals surface area contributed by atoms with Gasteiger partial charge in [-0.1, -0.05) is 12.2 Å². The van der Waals surface area contributed by atoms with E-state index in [1.807, 2.05) is 0 Å². The van der Waals surface area contributed by atoms with E-state index in [-0.39, 0.29) is 0 Å². The minimum atomic E-state index is 0.892. The van der Waals surface area contributed by atoms with Gasteiger partial charge in [-0.15, -0.1) is 0 Å². The zero-order valence-corrected chi connectivity index (χ0v) is 11.2. The lowest BCUT2D eigenvalue weighted by atomic mass is 10.0. The van der Waals surface area contributed by atoms with Gasteiger partial charge in [-0.05, 0) is 45.6 Å². The predicted octanol–water partition coefficient (Wildman–Crippen LogP) is 3.66. The highest BCUT2D eigenvalue weighted by Crippen LogP contribution is 2.29. The van der Waals surface area contributed by atoms with E-state index in [1.54, 1.807) is 0 Å². The minimum Gasteiger partial charge on any atom is -0.371 e. The second-order valence-corrected chi connectivity index (χ2v) is 5.13. The lowest BCUT2D eigenvalue weighted by molar-refractivity contribution is 0.575. The van der Waals surface area contributed by atoms with Crippen LogP contribution in [-0.4, -0.2) is 18.1 Å². The summed E-state index contributed by atoms with van der Waals surface area (Å²) < 4.78 is 0.892. The Morgan fingerprint density at radius 3 is 2.25 bits per heavy atom. The van der Waals surface area contributed by atoms with Crippen LogP contribution in [0.3, 0.4) is 0 Å². The number of pyridine rings is 1. The van der Waals surface area contributed by atoms with E-state index in [1.165, 1.54) is 54.9 Å². The van der Waals surface area contributed by atoms with Crippen LogP contribution >= 0.6 is 12.2 Å². The van der Waals surface area contributed by atoms with E-state index in [0.717, 1.165) is 4.64 Å². The molecule has 0 saturated carbocycles. The fourth-order valence-corrected chi connectivity index (χ4v) is 2.77. The topological polar surface area (TPSA) is 19.0 Å². The molecule has 0 atom stereocenters. The molecule has 0 bridgehead atoms. The fourth-order valence-electron chi connectivity index (χ4n) is 2.52. The van der Waals surface area contributed by atoms with Crippen molar-refractivity contribution < 1.29 is 0 Å². The summed E-state index contributed by atoms with van der Waals surface area (Å²) in [5, 5.41) is 0. The molecule has 3 heteroatoms. The Balaban J connectivity index is 2.49. The van der Waals surface area contributed by atoms with Crippen LogP contribution in [0.2, 0.25) is 0 Å². The summed E-state index contributed by atoms with van der Waals surface area (Å²) >= 11 is 5.37. The van der Waals surface area contributed by atoms with Gasteiger partial charge in [0.15, 0.2) is 0 Å². The molecule has 88 valence electrons. The van der Waals surface area contributed by atoms with E-state index < -0.39 is 0 Å². The Kier molecular flexibility index (Phi) is 3.33. The highest BCUT2D eigenvalue weighted by molar-refractivity contribution is 7.71. The molecule has 0 spiro atoms. The van der Waals surface area contributed by atoms with Crippen molar-refractivity contribution in [3.8, 4) is 0 Å². The molecular weight excluding hydrogens is 216 g/mol. The number of hydrogen-bond donors (Lipinski definition) is 1. The van der Waals surface area contributed by atoms with Crippen molar-refractivity contribution in [3.63, 3.8) is 0 Å². The molecule has 0 unspecified atom stereocenters. The van der Waals surface area contributed by atoms with E-state index in [0.29, 0.717) is 0 Å². The smallest absolute Gasteiger partial charge is 0.108 e. The molecule has 2 rings (SSSR count). The predicted molar refractivity (Wildman–Crippen MR) is 71.9 cm³/mol. The second kappa shape index (κ2) is 4.58. The van der Waals surface area contributed by atoms with E-state index in [2.05, 4.69) is 30.7 Å². The number of rotatable bonds is 1. The van der Waals surface area contributed by atoms with E-state index in [4.69, 9.17) is 12.2 Å². The summed E-state index contributed by atoms with van der Waals surface area (Å²) in [7, 11) is 0. The second-order valence-electron chi connectivity index (χ2n) is 4.73. The molecule has 1 aliphatic rings. The molecule has 1 aromatic heterocycles. The normalized spacial score (nSPS) is 16.6. The van der Waals surface area contributed by atoms with Gasteiger partial charge in [-0.2, -0.15) is 0 Å². The number of hydrogen-bond acceptors (Lipinski definition) is 2. The van der Waals surface area contributed by atoms with Gasteiger partial charge in [-0.3, -0.25) is 0 Å². The number of anilines is 1. The summed E-state index contributed by atoms with van der Waals surface area (Å²) in [6.45, 7) is 8.80. The number of aryl methyl sites for hydroxylation is 1. The summed E-state index contributed by atoms with van der Waals surface area (Å²) in [5.41, 5.74) is 5.17. The maximum absolute atomic E-state index is 5.37. The number of piperidine rings is 1. The monoisotopic (exact) mass is 236 g/mol. The first kappa shape index (κ1) is 11.6. The van der Waals surface area contributed by atoms with Gasteiger partial charge in [0.05, 0.1) is 0 Å². The maximum Gasteiger partial charge on any atom is 0.108 e. The van der Waals surface area contributed by atoms with Gasteiger partial charge in [0.2, 0.25) is 0 Å². The Morgan fingerprint density at radius 2 is 1.62 bits per heavy atom. The zero-order chi connectivity index (χ0) is 11.7. The molecule has 16 heavy (non-hydrogen) atoms. The van der Waals surface area contributed by atoms with Gasteiger partial charge < -0.3 is 9.88 Å². The van der Waals surface area contributed by atoms with Crippen LogP contribution in [0, 0.1) is 25.4 Å². The molecular formula is C13H20N2S. The molecule has 0 aliphatic carbocycles. The molecule has 2 nitrogen and oxygen atoms in total. The summed E-state index contributed by atoms with van der Waals surface area (Å²) in [6, 6.07) is 0. The molecule has 1 aliphatic heterocycles. The quantitative estimate of drug-likeness (QED) is 0.750. The van der Waals surface area contributed by atoms with Crippen LogP contribution in [0.5, 0.6) is 0 Å². The largest absolute Gasteiger partial charge is 0.371 e. The Hall–Kier alpha value is -0.830. The van der Waals surface area contributed by atoms with Crippen molar-refractivity contribution in [1.82, 2.24) is 4.98 Å². The third kappa shape index (κ3) is 2.01. The molecule has 0 amide bonds. The number of nitrogens with one attached hydrogen (secondary N) is 1. The minimum absolute atomic E-state index is 0.892. The first-order valence-electron chi connectivity index (χ1n) is 6.06. The fraction of sp³-hybridized carbons (Fsp3) is 0.615. The Labute approximate surface area is 103 Å². The number of H-pyrrole nitrogens is 1. The summed E-state index contributed by atoms with van der Waals surface area (Å²) in [4.78, 5) is 5.78. The molecule has 2 heterocycles. The van der Waals surface area contributed by atoms with Crippen molar-refractivity contribution >= 4 is 17.9 Å². The molecule has 0 radical (unpaired) electrons. The van der Waals surface area contributed by atoms with Crippen molar-refractivity contribution in [2.24, 2.45) is 0 Å². The molecule has 0 aromatic carbocycles. The Morgan fingerprint density at radius 1 is 1.00 bits per heavy atom. The maximum atomic E-state index is 5.37. The van der Waals surface area contributed by atoms with Gasteiger partial charge in [0, 0.05) is 30.0 Å². The highest BCUT2D eigenvalue weighted by Gasteiger charge is 2.17. The first-order valence-corrected chi connectivity index (χ1v) is 6.47. The number of aromatic amines is 1.